The van der Waals surface area contributed by atoms with Gasteiger partial charge in [-0.05, 0) is 38.2 Å². The number of hydrogen-bond donors (Lipinski definition) is 2. The molecule has 4 rings (SSSR count). The van der Waals surface area contributed by atoms with Crippen LogP contribution in [0.5, 0.6) is 0 Å². The molecule has 5 nitrogen and oxygen atoms in total. The van der Waals surface area contributed by atoms with Crippen LogP contribution in [0.2, 0.25) is 0 Å². The van der Waals surface area contributed by atoms with Gasteiger partial charge in [0.25, 0.3) is 0 Å². The number of hydrogen-bond acceptors (Lipinski definition) is 6. The second kappa shape index (κ2) is 18.9. The lowest BCUT2D eigenvalue weighted by molar-refractivity contribution is -0.0979. The molecule has 0 saturated carbocycles. The lowest BCUT2D eigenvalue weighted by atomic mass is 9.89. The number of aryl methyl sites for hydroxylation is 1. The number of carbonyl (C=O) groups excluding carboxylic acids is 1. The zero-order chi connectivity index (χ0) is 26.1. The first-order valence-electron chi connectivity index (χ1n) is 12.6. The molecule has 3 aliphatic rings. The molecule has 6 heteroatoms. The first-order valence-corrected chi connectivity index (χ1v) is 13.5. The average Bonchev–Trinajstić information content (AvgIpc) is 3.34. The van der Waals surface area contributed by atoms with Crippen LogP contribution in [0, 0.1) is 12.8 Å². The van der Waals surface area contributed by atoms with Gasteiger partial charge in [0.2, 0.25) is 0 Å². The number of allylic oxidation sites excluding steroid dienone is 1. The fourth-order valence-electron chi connectivity index (χ4n) is 3.80. The topological polar surface area (TPSA) is 56.7 Å². The van der Waals surface area contributed by atoms with Crippen LogP contribution in [0.1, 0.15) is 87.3 Å². The van der Waals surface area contributed by atoms with Gasteiger partial charge in [0.15, 0.2) is 0 Å². The van der Waals surface area contributed by atoms with E-state index in [-0.39, 0.29) is 6.17 Å². The minimum absolute atomic E-state index is 0.270. The molecule has 0 aliphatic carbocycles. The zero-order valence-electron chi connectivity index (χ0n) is 23.2. The van der Waals surface area contributed by atoms with Crippen molar-refractivity contribution >= 4 is 24.3 Å². The van der Waals surface area contributed by atoms with Crippen LogP contribution in [0.4, 0.5) is 0 Å². The molecule has 0 amide bonds. The Labute approximate surface area is 208 Å². The van der Waals surface area contributed by atoms with Gasteiger partial charge >= 0.3 is 0 Å². The van der Waals surface area contributed by atoms with E-state index in [4.69, 9.17) is 9.79 Å². The molecule has 4 atom stereocenters. The molecule has 1 fully saturated rings. The highest BCUT2D eigenvalue weighted by atomic mass is 32.2. The third kappa shape index (κ3) is 8.36. The summed E-state index contributed by atoms with van der Waals surface area (Å²) < 4.78 is 0. The first kappa shape index (κ1) is 33.7. The second-order valence-electron chi connectivity index (χ2n) is 6.74. The summed E-state index contributed by atoms with van der Waals surface area (Å²) in [7, 11) is 0. The Kier molecular flexibility index (Phi) is 19.3. The number of hydrazine groups is 1. The van der Waals surface area contributed by atoms with Crippen LogP contribution in [0.15, 0.2) is 39.7 Å². The maximum absolute atomic E-state index is 8.00. The van der Waals surface area contributed by atoms with E-state index in [0.29, 0.717) is 17.5 Å². The minimum Gasteiger partial charge on any atom is -0.307 e. The van der Waals surface area contributed by atoms with Gasteiger partial charge in [-0.1, -0.05) is 90.8 Å². The fourth-order valence-corrected chi connectivity index (χ4v) is 5.40. The van der Waals surface area contributed by atoms with Gasteiger partial charge in [-0.3, -0.25) is 9.89 Å². The maximum Gasteiger partial charge on any atom is 0.106 e. The van der Waals surface area contributed by atoms with E-state index in [1.54, 1.807) is 0 Å². The van der Waals surface area contributed by atoms with Crippen molar-refractivity contribution in [1.29, 1.82) is 0 Å². The van der Waals surface area contributed by atoms with Crippen LogP contribution in [0.3, 0.4) is 0 Å². The van der Waals surface area contributed by atoms with Gasteiger partial charge in [0, 0.05) is 5.92 Å². The largest absolute Gasteiger partial charge is 0.307 e. The fraction of sp³-hybridized carbons (Fsp3) is 0.630. The summed E-state index contributed by atoms with van der Waals surface area (Å²) in [5, 5.41) is 0.417. The Bertz CT molecular complexity index is 703. The van der Waals surface area contributed by atoms with Crippen molar-refractivity contribution in [2.75, 3.05) is 6.54 Å². The molecule has 0 bridgehead atoms. The van der Waals surface area contributed by atoms with Crippen LogP contribution in [-0.2, 0) is 4.79 Å². The van der Waals surface area contributed by atoms with Gasteiger partial charge in [-0.25, -0.2) is 10.9 Å². The van der Waals surface area contributed by atoms with Crippen LogP contribution in [0.25, 0.3) is 0 Å². The van der Waals surface area contributed by atoms with Crippen LogP contribution >= 0.6 is 11.8 Å². The standard InChI is InChI=1S/C18H24N4S.4C2H6.CH2O/c1-10-5-7-14(8-6-10)17-16-11(2)12(3)23-18(16)22-13(4)20-21-15(22)9-19-17;5*1-2/h5-8,13,15-16,18,20-21H,9H2,1-4H3;4*1-2H3;1H2. The molecule has 0 spiro atoms. The normalized spacial score (nSPS) is 24.7. The van der Waals surface area contributed by atoms with Crippen molar-refractivity contribution in [1.82, 2.24) is 15.8 Å². The van der Waals surface area contributed by atoms with Crippen molar-refractivity contribution < 1.29 is 4.79 Å². The van der Waals surface area contributed by atoms with Crippen molar-refractivity contribution in [2.24, 2.45) is 10.9 Å². The van der Waals surface area contributed by atoms with E-state index >= 15 is 0 Å². The number of nitrogens with one attached hydrogen (secondary N) is 2. The molecule has 1 saturated heterocycles. The van der Waals surface area contributed by atoms with Gasteiger partial charge in [-0.15, -0.1) is 11.8 Å². The quantitative estimate of drug-likeness (QED) is 0.466. The molecular weight excluding hydrogens is 428 g/mol. The third-order valence-corrected chi connectivity index (χ3v) is 6.67. The Morgan fingerprint density at radius 2 is 1.42 bits per heavy atom. The van der Waals surface area contributed by atoms with Gasteiger partial charge in [0.1, 0.15) is 6.79 Å². The summed E-state index contributed by atoms with van der Waals surface area (Å²) in [6.07, 6.45) is 0.595. The molecule has 4 unspecified atom stereocenters. The predicted octanol–water partition coefficient (Wildman–Crippen LogP) is 6.78. The van der Waals surface area contributed by atoms with Crippen LogP contribution in [-0.4, -0.2) is 41.7 Å². The first-order chi connectivity index (χ1) is 16.1. The Balaban J connectivity index is 0. The van der Waals surface area contributed by atoms with Crippen LogP contribution < -0.4 is 10.9 Å². The van der Waals surface area contributed by atoms with E-state index in [1.807, 2.05) is 73.9 Å². The summed E-state index contributed by atoms with van der Waals surface area (Å²) in [5.41, 5.74) is 12.1. The highest BCUT2D eigenvalue weighted by Gasteiger charge is 2.47. The molecule has 1 aromatic carbocycles. The van der Waals surface area contributed by atoms with Gasteiger partial charge in [-0.2, -0.15) is 0 Å². The maximum atomic E-state index is 8.00. The minimum atomic E-state index is 0.270. The summed E-state index contributed by atoms with van der Waals surface area (Å²) in [6, 6.07) is 8.83. The molecule has 0 radical (unpaired) electrons. The van der Waals surface area contributed by atoms with E-state index in [2.05, 4.69) is 67.7 Å². The summed E-state index contributed by atoms with van der Waals surface area (Å²) in [6.45, 7) is 27.7. The smallest absolute Gasteiger partial charge is 0.106 e. The third-order valence-electron chi connectivity index (χ3n) is 5.24. The highest BCUT2D eigenvalue weighted by molar-refractivity contribution is 8.03. The van der Waals surface area contributed by atoms with E-state index < -0.39 is 0 Å². The van der Waals surface area contributed by atoms with Crippen molar-refractivity contribution in [3.8, 4) is 0 Å². The molecule has 2 N–H and O–H groups in total. The molecule has 3 aliphatic heterocycles. The molecule has 0 aromatic heterocycles. The number of nitrogens with zero attached hydrogens (tertiary/aromatic N) is 2. The Morgan fingerprint density at radius 3 is 1.94 bits per heavy atom. The van der Waals surface area contributed by atoms with Crippen molar-refractivity contribution in [2.45, 2.75) is 101 Å². The number of benzene rings is 1. The van der Waals surface area contributed by atoms with E-state index in [9.17, 15) is 0 Å². The van der Waals surface area contributed by atoms with Crippen molar-refractivity contribution in [3.63, 3.8) is 0 Å². The predicted molar refractivity (Wildman–Crippen MR) is 150 cm³/mol. The summed E-state index contributed by atoms with van der Waals surface area (Å²) in [4.78, 5) is 17.1. The SMILES string of the molecule is C=O.CC.CC.CC.CC.CC1=C(C)C2C(c3ccc(C)cc3)=NCC3NNC(C)N3C2S1. The molecule has 3 heterocycles. The summed E-state index contributed by atoms with van der Waals surface area (Å²) in [5.74, 6) is 0.372. The lowest BCUT2D eigenvalue weighted by Gasteiger charge is -2.33. The Morgan fingerprint density at radius 1 is 0.909 bits per heavy atom. The molecule has 190 valence electrons. The Hall–Kier alpha value is -1.47. The number of fused-ring (bicyclic) bond motifs is 3. The van der Waals surface area contributed by atoms with Crippen molar-refractivity contribution in [3.05, 3.63) is 45.9 Å². The zero-order valence-corrected chi connectivity index (χ0v) is 24.1. The van der Waals surface area contributed by atoms with Gasteiger partial charge < -0.3 is 4.79 Å². The number of aliphatic imine (C=N–C) groups is 1. The molecule has 33 heavy (non-hydrogen) atoms. The molecule has 1 aromatic rings. The second-order valence-corrected chi connectivity index (χ2v) is 8.08. The highest BCUT2D eigenvalue weighted by Crippen LogP contribution is 2.47. The number of rotatable bonds is 1. The van der Waals surface area contributed by atoms with E-state index in [0.717, 1.165) is 6.54 Å². The average molecular weight is 479 g/mol. The molecular formula is C27H50N4OS. The summed E-state index contributed by atoms with van der Waals surface area (Å²) >= 11 is 2.00. The number of thioether (sulfide) groups is 1. The monoisotopic (exact) mass is 478 g/mol. The lowest BCUT2D eigenvalue weighted by Crippen LogP contribution is -2.47. The van der Waals surface area contributed by atoms with Gasteiger partial charge in [0.05, 0.1) is 30.0 Å². The van der Waals surface area contributed by atoms with E-state index in [1.165, 1.54) is 27.3 Å². The number of carbonyl (C=O) groups is 1.